The highest BCUT2D eigenvalue weighted by Crippen LogP contribution is 2.29. The van der Waals surface area contributed by atoms with Gasteiger partial charge in [0.15, 0.2) is 0 Å². The van der Waals surface area contributed by atoms with E-state index in [-0.39, 0.29) is 12.5 Å². The largest absolute Gasteiger partial charge is 0.492 e. The molecule has 1 fully saturated rings. The highest BCUT2D eigenvalue weighted by molar-refractivity contribution is 5.80. The first-order valence-corrected chi connectivity index (χ1v) is 11.3. The van der Waals surface area contributed by atoms with Crippen LogP contribution in [0.3, 0.4) is 0 Å². The number of anilines is 1. The highest BCUT2D eigenvalue weighted by Gasteiger charge is 2.21. The molecule has 170 valence electrons. The minimum Gasteiger partial charge on any atom is -0.492 e. The van der Waals surface area contributed by atoms with Gasteiger partial charge in [-0.15, -0.1) is 0 Å². The van der Waals surface area contributed by atoms with Crippen molar-refractivity contribution < 1.29 is 9.53 Å². The van der Waals surface area contributed by atoms with E-state index in [2.05, 4.69) is 76.4 Å². The Kier molecular flexibility index (Phi) is 7.42. The summed E-state index contributed by atoms with van der Waals surface area (Å²) in [5, 5.41) is 0. The summed E-state index contributed by atoms with van der Waals surface area (Å²) in [6, 6.07) is 18.9. The van der Waals surface area contributed by atoms with Crippen molar-refractivity contribution in [1.29, 1.82) is 0 Å². The second-order valence-electron chi connectivity index (χ2n) is 8.33. The third-order valence-corrected chi connectivity index (χ3v) is 6.06. The quantitative estimate of drug-likeness (QED) is 0.717. The van der Waals surface area contributed by atoms with Crippen molar-refractivity contribution in [2.75, 3.05) is 71.0 Å². The molecule has 2 N–H and O–H groups in total. The zero-order chi connectivity index (χ0) is 22.3. The van der Waals surface area contributed by atoms with Gasteiger partial charge in [-0.25, -0.2) is 0 Å². The molecule has 0 bridgehead atoms. The lowest BCUT2D eigenvalue weighted by atomic mass is 10.1. The molecular weight excluding hydrogens is 402 g/mol. The Bertz CT molecular complexity index is 908. The molecule has 0 unspecified atom stereocenters. The van der Waals surface area contributed by atoms with Gasteiger partial charge < -0.3 is 20.3 Å². The van der Waals surface area contributed by atoms with E-state index < -0.39 is 0 Å². The number of ether oxygens (including phenoxy) is 1. The number of hydrogen-bond acceptors (Lipinski definition) is 6. The van der Waals surface area contributed by atoms with E-state index in [1.54, 1.807) is 0 Å². The normalized spacial score (nSPS) is 17.9. The number of hydrogen-bond donors (Lipinski definition) is 1. The molecule has 0 spiro atoms. The molecule has 0 aromatic heterocycles. The lowest BCUT2D eigenvalue weighted by Gasteiger charge is -2.35. The molecule has 4 rings (SSSR count). The number of benzene rings is 2. The molecule has 7 nitrogen and oxygen atoms in total. The van der Waals surface area contributed by atoms with Gasteiger partial charge in [0.1, 0.15) is 12.4 Å². The first-order chi connectivity index (χ1) is 15.6. The molecule has 2 aliphatic rings. The fourth-order valence-corrected chi connectivity index (χ4v) is 4.19. The maximum Gasteiger partial charge on any atom is 0.236 e. The van der Waals surface area contributed by atoms with Gasteiger partial charge in [-0.05, 0) is 55.1 Å². The van der Waals surface area contributed by atoms with Crippen molar-refractivity contribution in [1.82, 2.24) is 14.7 Å². The SMILES string of the molecule is CN1CC=C(c2ccc(OCCN3CCN(C(=O)CN)CC3)cc2)N(c2ccccc2)C1. The Balaban J connectivity index is 1.31. The Morgan fingerprint density at radius 1 is 1.00 bits per heavy atom. The van der Waals surface area contributed by atoms with Crippen LogP contribution in [0.5, 0.6) is 5.75 Å². The maximum atomic E-state index is 11.7. The van der Waals surface area contributed by atoms with Crippen molar-refractivity contribution in [3.63, 3.8) is 0 Å². The van der Waals surface area contributed by atoms with Crippen LogP contribution in [-0.2, 0) is 4.79 Å². The fraction of sp³-hybridized carbons (Fsp3) is 0.400. The molecule has 1 amide bonds. The van der Waals surface area contributed by atoms with Crippen LogP contribution in [0.15, 0.2) is 60.7 Å². The standard InChI is InChI=1S/C25H33N5O2/c1-27-12-11-24(30(20-27)22-5-3-2-4-6-22)21-7-9-23(10-8-21)32-18-17-28-13-15-29(16-14-28)25(31)19-26/h2-11H,12-20,26H2,1H3. The Labute approximate surface area is 190 Å². The van der Waals surface area contributed by atoms with Gasteiger partial charge in [0, 0.05) is 50.7 Å². The number of carbonyl (C=O) groups is 1. The van der Waals surface area contributed by atoms with Crippen LogP contribution in [0.1, 0.15) is 5.56 Å². The zero-order valence-electron chi connectivity index (χ0n) is 18.8. The molecule has 2 heterocycles. The zero-order valence-corrected chi connectivity index (χ0v) is 18.8. The maximum absolute atomic E-state index is 11.7. The molecule has 7 heteroatoms. The predicted molar refractivity (Wildman–Crippen MR) is 128 cm³/mol. The van der Waals surface area contributed by atoms with Gasteiger partial charge in [-0.2, -0.15) is 0 Å². The first-order valence-electron chi connectivity index (χ1n) is 11.3. The number of likely N-dealkylation sites (N-methyl/N-ethyl adjacent to an activating group) is 1. The number of piperazine rings is 1. The summed E-state index contributed by atoms with van der Waals surface area (Å²) in [6.07, 6.45) is 2.28. The fourth-order valence-electron chi connectivity index (χ4n) is 4.19. The summed E-state index contributed by atoms with van der Waals surface area (Å²) < 4.78 is 5.99. The number of nitrogens with two attached hydrogens (primary N) is 1. The first kappa shape index (κ1) is 22.3. The summed E-state index contributed by atoms with van der Waals surface area (Å²) in [6.45, 7) is 6.59. The predicted octanol–water partition coefficient (Wildman–Crippen LogP) is 1.92. The summed E-state index contributed by atoms with van der Waals surface area (Å²) in [5.74, 6) is 0.914. The number of carbonyl (C=O) groups excluding carboxylic acids is 1. The summed E-state index contributed by atoms with van der Waals surface area (Å²) in [5.41, 5.74) is 9.06. The van der Waals surface area contributed by atoms with E-state index in [0.717, 1.165) is 51.7 Å². The van der Waals surface area contributed by atoms with E-state index in [1.165, 1.54) is 16.9 Å². The summed E-state index contributed by atoms with van der Waals surface area (Å²) >= 11 is 0. The van der Waals surface area contributed by atoms with Crippen LogP contribution in [-0.4, -0.2) is 86.7 Å². The average Bonchev–Trinajstić information content (AvgIpc) is 2.85. The smallest absolute Gasteiger partial charge is 0.236 e. The Morgan fingerprint density at radius 3 is 2.41 bits per heavy atom. The second kappa shape index (κ2) is 10.6. The lowest BCUT2D eigenvalue weighted by molar-refractivity contribution is -0.131. The highest BCUT2D eigenvalue weighted by atomic mass is 16.5. The van der Waals surface area contributed by atoms with Crippen molar-refractivity contribution in [2.24, 2.45) is 5.73 Å². The molecule has 1 saturated heterocycles. The number of rotatable bonds is 7. The van der Waals surface area contributed by atoms with Crippen LogP contribution in [0.25, 0.3) is 5.70 Å². The molecular formula is C25H33N5O2. The second-order valence-corrected chi connectivity index (χ2v) is 8.33. The third kappa shape index (κ3) is 5.48. The molecule has 0 saturated carbocycles. The van der Waals surface area contributed by atoms with E-state index in [1.807, 2.05) is 11.0 Å². The molecule has 0 atom stereocenters. The van der Waals surface area contributed by atoms with Crippen LogP contribution in [0.4, 0.5) is 5.69 Å². The van der Waals surface area contributed by atoms with Crippen LogP contribution < -0.4 is 15.4 Å². The van der Waals surface area contributed by atoms with Crippen molar-refractivity contribution in [3.05, 3.63) is 66.2 Å². The molecule has 2 aliphatic heterocycles. The van der Waals surface area contributed by atoms with Gasteiger partial charge in [-0.1, -0.05) is 18.2 Å². The molecule has 2 aromatic rings. The molecule has 32 heavy (non-hydrogen) atoms. The Morgan fingerprint density at radius 2 is 1.72 bits per heavy atom. The van der Waals surface area contributed by atoms with Crippen LogP contribution in [0, 0.1) is 0 Å². The van der Waals surface area contributed by atoms with Gasteiger partial charge in [-0.3, -0.25) is 14.6 Å². The van der Waals surface area contributed by atoms with Crippen LogP contribution >= 0.6 is 0 Å². The van der Waals surface area contributed by atoms with E-state index >= 15 is 0 Å². The van der Waals surface area contributed by atoms with Crippen molar-refractivity contribution >= 4 is 17.3 Å². The van der Waals surface area contributed by atoms with Crippen molar-refractivity contribution in [2.45, 2.75) is 0 Å². The van der Waals surface area contributed by atoms with E-state index in [4.69, 9.17) is 10.5 Å². The number of nitrogens with zero attached hydrogens (tertiary/aromatic N) is 4. The third-order valence-electron chi connectivity index (χ3n) is 6.06. The summed E-state index contributed by atoms with van der Waals surface area (Å²) in [4.78, 5) is 20.5. The summed E-state index contributed by atoms with van der Waals surface area (Å²) in [7, 11) is 2.14. The van der Waals surface area contributed by atoms with Gasteiger partial charge in [0.25, 0.3) is 0 Å². The Hall–Kier alpha value is -2.87. The molecule has 0 aliphatic carbocycles. The average molecular weight is 436 g/mol. The molecule has 2 aromatic carbocycles. The van der Waals surface area contributed by atoms with E-state index in [9.17, 15) is 4.79 Å². The lowest BCUT2D eigenvalue weighted by Crippen LogP contribution is -2.50. The van der Waals surface area contributed by atoms with E-state index in [0.29, 0.717) is 6.61 Å². The van der Waals surface area contributed by atoms with Gasteiger partial charge >= 0.3 is 0 Å². The molecule has 0 radical (unpaired) electrons. The van der Waals surface area contributed by atoms with Gasteiger partial charge in [0.05, 0.1) is 13.2 Å². The van der Waals surface area contributed by atoms with Crippen LogP contribution in [0.2, 0.25) is 0 Å². The minimum atomic E-state index is 0.0338. The van der Waals surface area contributed by atoms with Crippen molar-refractivity contribution in [3.8, 4) is 5.75 Å². The number of amides is 1. The number of para-hydroxylation sites is 1. The minimum absolute atomic E-state index is 0.0338. The monoisotopic (exact) mass is 435 g/mol. The van der Waals surface area contributed by atoms with Gasteiger partial charge in [0.2, 0.25) is 5.91 Å². The topological polar surface area (TPSA) is 65.3 Å².